The van der Waals surface area contributed by atoms with Crippen LogP contribution in [0.15, 0.2) is 48.3 Å². The van der Waals surface area contributed by atoms with Gasteiger partial charge in [-0.1, -0.05) is 101 Å². The van der Waals surface area contributed by atoms with Crippen LogP contribution in [-0.4, -0.2) is 19.1 Å². The van der Waals surface area contributed by atoms with Gasteiger partial charge in [0.2, 0.25) is 6.41 Å². The first-order valence-corrected chi connectivity index (χ1v) is 12.0. The predicted molar refractivity (Wildman–Crippen MR) is 131 cm³/mol. The Hall–Kier alpha value is -2.17. The first kappa shape index (κ1) is 28.8. The third-order valence-corrected chi connectivity index (χ3v) is 5.39. The molecule has 1 fully saturated rings. The van der Waals surface area contributed by atoms with Gasteiger partial charge in [0.15, 0.2) is 5.34 Å². The third-order valence-electron chi connectivity index (χ3n) is 5.39. The van der Waals surface area contributed by atoms with Crippen molar-refractivity contribution in [3.05, 3.63) is 53.5 Å². The van der Waals surface area contributed by atoms with Gasteiger partial charge in [0.25, 0.3) is 0 Å². The van der Waals surface area contributed by atoms with Crippen molar-refractivity contribution in [1.29, 1.82) is 0 Å². The number of hydrogen-bond donors (Lipinski definition) is 1. The molecule has 0 bridgehead atoms. The fraction of sp³-hybridized carbons (Fsp3) is 0.654. The van der Waals surface area contributed by atoms with Crippen molar-refractivity contribution in [1.82, 2.24) is 5.32 Å². The Balaban J connectivity index is 0.000000509. The Morgan fingerprint density at radius 2 is 1.87 bits per heavy atom. The minimum Gasteiger partial charge on any atom is -0.362 e. The number of nitrogens with zero attached hydrogens (tertiary/aromatic N) is 1. The summed E-state index contributed by atoms with van der Waals surface area (Å²) in [5, 5.41) is 4.53. The molecule has 1 aromatic carbocycles. The van der Waals surface area contributed by atoms with Gasteiger partial charge in [-0.05, 0) is 37.7 Å². The van der Waals surface area contributed by atoms with Crippen LogP contribution in [0.5, 0.6) is 0 Å². The van der Waals surface area contributed by atoms with Gasteiger partial charge < -0.3 is 10.2 Å². The lowest BCUT2D eigenvalue weighted by atomic mass is 9.98. The molecule has 1 saturated carbocycles. The Labute approximate surface area is 190 Å². The molecule has 1 aliphatic rings. The summed E-state index contributed by atoms with van der Waals surface area (Å²) in [7, 11) is 0. The van der Waals surface area contributed by atoms with Crippen LogP contribution in [0.4, 0.5) is 0 Å². The van der Waals surface area contributed by atoms with E-state index >= 15 is 0 Å². The van der Waals surface area contributed by atoms with Gasteiger partial charge in [-0.2, -0.15) is 0 Å². The van der Waals surface area contributed by atoms with Crippen LogP contribution >= 0.6 is 0 Å². The molecule has 176 valence electrons. The van der Waals surface area contributed by atoms with E-state index in [-0.39, 0.29) is 12.6 Å². The van der Waals surface area contributed by atoms with E-state index in [2.05, 4.69) is 59.3 Å². The van der Waals surface area contributed by atoms with Crippen molar-refractivity contribution < 1.29 is 9.63 Å². The molecule has 1 aliphatic carbocycles. The van der Waals surface area contributed by atoms with Crippen molar-refractivity contribution >= 4 is 6.41 Å². The van der Waals surface area contributed by atoms with Crippen molar-refractivity contribution in [3.8, 4) is 0 Å². The Morgan fingerprint density at radius 3 is 2.42 bits per heavy atom. The minimum absolute atomic E-state index is 0.113. The van der Waals surface area contributed by atoms with E-state index in [1.165, 1.54) is 82.6 Å². The number of allylic oxidation sites excluding steroid dienone is 1. The molecule has 0 aliphatic heterocycles. The fourth-order valence-corrected chi connectivity index (χ4v) is 3.54. The molecule has 0 saturated heterocycles. The van der Waals surface area contributed by atoms with E-state index in [1.807, 2.05) is 6.08 Å². The van der Waals surface area contributed by atoms with Gasteiger partial charge >= 0.3 is 0 Å². The molecule has 2 rings (SSSR count). The van der Waals surface area contributed by atoms with Crippen LogP contribution in [0.2, 0.25) is 0 Å². The normalized spacial score (nSPS) is 13.6. The van der Waals surface area contributed by atoms with Gasteiger partial charge in [-0.15, -0.1) is 11.5 Å². The fourth-order valence-electron chi connectivity index (χ4n) is 3.54. The molecular formula is C26H44N2O3. The van der Waals surface area contributed by atoms with E-state index in [0.29, 0.717) is 6.41 Å². The second kappa shape index (κ2) is 22.5. The molecule has 0 aromatic heterocycles. The molecule has 1 N–H and O–H groups in total. The van der Waals surface area contributed by atoms with Gasteiger partial charge in [0.05, 0.1) is 6.04 Å². The average molecular weight is 433 g/mol. The van der Waals surface area contributed by atoms with E-state index in [1.54, 1.807) is 6.92 Å². The monoisotopic (exact) mass is 432 g/mol. The Morgan fingerprint density at radius 1 is 1.16 bits per heavy atom. The summed E-state index contributed by atoms with van der Waals surface area (Å²) in [6.45, 7) is 7.59. The molecule has 1 amide bonds. The van der Waals surface area contributed by atoms with Gasteiger partial charge in [-0.25, -0.2) is 0 Å². The van der Waals surface area contributed by atoms with Crippen LogP contribution in [0.25, 0.3) is 0 Å². The third kappa shape index (κ3) is 19.5. The van der Waals surface area contributed by atoms with Crippen molar-refractivity contribution in [3.63, 3.8) is 0 Å². The van der Waals surface area contributed by atoms with Crippen molar-refractivity contribution in [2.75, 3.05) is 6.61 Å². The molecule has 0 radical (unpaired) electrons. The van der Waals surface area contributed by atoms with Crippen molar-refractivity contribution in [2.24, 2.45) is 11.3 Å². The predicted octanol–water partition coefficient (Wildman–Crippen LogP) is 7.16. The van der Waals surface area contributed by atoms with Crippen LogP contribution in [0, 0.1) is 10.8 Å². The molecule has 31 heavy (non-hydrogen) atoms. The number of hydrogen-bond acceptors (Lipinski definition) is 4. The maximum Gasteiger partial charge on any atom is 0.207 e. The largest absolute Gasteiger partial charge is 0.362 e. The van der Waals surface area contributed by atoms with Crippen molar-refractivity contribution in [2.45, 2.75) is 96.9 Å². The number of rotatable bonds is 14. The number of carbonyl (C=O) groups excluding carboxylic acids is 1. The second-order valence-corrected chi connectivity index (χ2v) is 8.22. The quantitative estimate of drug-likeness (QED) is 0.111. The molecule has 5 nitrogen and oxygen atoms in total. The van der Waals surface area contributed by atoms with Crippen LogP contribution in [-0.2, 0) is 16.1 Å². The highest BCUT2D eigenvalue weighted by Crippen LogP contribution is 2.29. The first-order valence-electron chi connectivity index (χ1n) is 12.0. The first-order chi connectivity index (χ1) is 15.2. The second-order valence-electron chi connectivity index (χ2n) is 8.22. The number of amides is 1. The lowest BCUT2D eigenvalue weighted by molar-refractivity contribution is -0.110. The summed E-state index contributed by atoms with van der Waals surface area (Å²) < 4.78 is 0. The van der Waals surface area contributed by atoms with E-state index in [4.69, 9.17) is 0 Å². The number of nitrogens with one attached hydrogen (secondary N) is 1. The number of benzene rings is 1. The van der Waals surface area contributed by atoms with Gasteiger partial charge in [0, 0.05) is 0 Å². The Kier molecular flexibility index (Phi) is 20.9. The zero-order valence-electron chi connectivity index (χ0n) is 19.8. The highest BCUT2D eigenvalue weighted by molar-refractivity contribution is 5.46. The number of carbonyl (C=O) groups is 1. The standard InChI is InChI=1S/C16H24.C6H12.C4H8N2O3/c1-3-9-15(10-4-1)11-5-2-6-12-16-13-7-8-14-16;1-3-5-6-4-2;1-4(5-3-7)2-9-6-8/h1,3-4,9-10,16H,2,5-8,11-14H2;3H,1,4-6H2,2H3;3-4H,2H2,1H3,(H,5,7). The molecule has 0 heterocycles. The minimum atomic E-state index is -0.166. The maximum absolute atomic E-state index is 9.70. The molecule has 1 atom stereocenters. The van der Waals surface area contributed by atoms with E-state index < -0.39 is 0 Å². The Bertz CT molecular complexity index is 531. The summed E-state index contributed by atoms with van der Waals surface area (Å²) in [6.07, 6.45) is 19.3. The van der Waals surface area contributed by atoms with Crippen LogP contribution in [0.3, 0.4) is 0 Å². The topological polar surface area (TPSA) is 67.8 Å². The zero-order chi connectivity index (χ0) is 23.0. The van der Waals surface area contributed by atoms with Crippen LogP contribution < -0.4 is 5.32 Å². The van der Waals surface area contributed by atoms with E-state index in [0.717, 1.165) is 5.92 Å². The summed E-state index contributed by atoms with van der Waals surface area (Å²) in [6, 6.07) is 10.7. The zero-order valence-corrected chi connectivity index (χ0v) is 19.8. The van der Waals surface area contributed by atoms with Gasteiger partial charge in [-0.3, -0.25) is 4.79 Å². The van der Waals surface area contributed by atoms with Gasteiger partial charge in [0.1, 0.15) is 6.61 Å². The summed E-state index contributed by atoms with van der Waals surface area (Å²) in [5.74, 6) is 1.08. The molecule has 0 spiro atoms. The highest BCUT2D eigenvalue weighted by atomic mass is 16.7. The smallest absolute Gasteiger partial charge is 0.207 e. The SMILES string of the molecule is C=CCCCC.CC(CON=O)NC=O.c1ccc(CCCCCC2CCCC2)cc1. The van der Waals surface area contributed by atoms with Crippen LogP contribution in [0.1, 0.15) is 90.0 Å². The number of unbranched alkanes of at least 4 members (excludes halogenated alkanes) is 4. The lowest BCUT2D eigenvalue weighted by Crippen LogP contribution is -2.28. The summed E-state index contributed by atoms with van der Waals surface area (Å²) >= 11 is 0. The number of aryl methyl sites for hydroxylation is 1. The molecular weight excluding hydrogens is 388 g/mol. The molecule has 1 unspecified atom stereocenters. The molecule has 5 heteroatoms. The van der Waals surface area contributed by atoms with E-state index in [9.17, 15) is 9.70 Å². The molecule has 1 aromatic rings. The maximum atomic E-state index is 9.70. The average Bonchev–Trinajstić information content (AvgIpc) is 3.31. The summed E-state index contributed by atoms with van der Waals surface area (Å²) in [4.78, 5) is 23.1. The lowest BCUT2D eigenvalue weighted by Gasteiger charge is -2.07. The highest BCUT2D eigenvalue weighted by Gasteiger charge is 2.13. The summed E-state index contributed by atoms with van der Waals surface area (Å²) in [5.41, 5.74) is 1.50.